The highest BCUT2D eigenvalue weighted by Crippen LogP contribution is 2.20. The Morgan fingerprint density at radius 3 is 2.89 bits per heavy atom. The van der Waals surface area contributed by atoms with E-state index in [0.717, 1.165) is 25.5 Å². The van der Waals surface area contributed by atoms with Crippen LogP contribution in [0.15, 0.2) is 6.07 Å². The molecule has 1 unspecified atom stereocenters. The number of nitrogens with zero attached hydrogens (tertiary/aromatic N) is 4. The monoisotopic (exact) mass is 266 g/mol. The number of anilines is 2. The van der Waals surface area contributed by atoms with Crippen LogP contribution in [0.2, 0.25) is 0 Å². The molecule has 7 nitrogen and oxygen atoms in total. The van der Waals surface area contributed by atoms with Gasteiger partial charge in [0.15, 0.2) is 5.82 Å². The number of aromatic nitrogens is 2. The maximum absolute atomic E-state index is 5.46. The van der Waals surface area contributed by atoms with Gasteiger partial charge in [-0.05, 0) is 14.0 Å². The van der Waals surface area contributed by atoms with Gasteiger partial charge in [-0.15, -0.1) is 0 Å². The third kappa shape index (κ3) is 3.31. The molecule has 2 heterocycles. The van der Waals surface area contributed by atoms with Crippen molar-refractivity contribution < 1.29 is 4.74 Å². The molecule has 1 aromatic heterocycles. The summed E-state index contributed by atoms with van der Waals surface area (Å²) in [6.07, 6.45) is 0. The van der Waals surface area contributed by atoms with Crippen molar-refractivity contribution in [1.82, 2.24) is 14.9 Å². The fourth-order valence-electron chi connectivity index (χ4n) is 2.38. The zero-order valence-corrected chi connectivity index (χ0v) is 11.8. The van der Waals surface area contributed by atoms with Crippen LogP contribution in [0, 0.1) is 0 Å². The fraction of sp³-hybridized carbons (Fsp3) is 0.667. The second-order valence-corrected chi connectivity index (χ2v) is 4.91. The number of hydrogen-bond donors (Lipinski definition) is 2. The van der Waals surface area contributed by atoms with E-state index in [9.17, 15) is 0 Å². The molecule has 7 heteroatoms. The Labute approximate surface area is 113 Å². The lowest BCUT2D eigenvalue weighted by Crippen LogP contribution is -2.50. The molecule has 1 fully saturated rings. The molecule has 1 saturated heterocycles. The lowest BCUT2D eigenvalue weighted by atomic mass is 10.2. The zero-order chi connectivity index (χ0) is 13.8. The van der Waals surface area contributed by atoms with Gasteiger partial charge in [0.2, 0.25) is 0 Å². The van der Waals surface area contributed by atoms with Crippen LogP contribution < -0.4 is 16.2 Å². The molecular formula is C12H22N6O. The number of nitrogen functional groups attached to an aromatic ring is 1. The summed E-state index contributed by atoms with van der Waals surface area (Å²) in [5.74, 6) is 7.61. The Morgan fingerprint density at radius 1 is 1.47 bits per heavy atom. The Bertz CT molecular complexity index is 427. The molecule has 2 rings (SSSR count). The van der Waals surface area contributed by atoms with Crippen LogP contribution in [0.5, 0.6) is 0 Å². The predicted octanol–water partition coefficient (Wildman–Crippen LogP) is 0.0489. The maximum atomic E-state index is 5.46. The molecule has 0 aliphatic carbocycles. The Kier molecular flexibility index (Phi) is 4.52. The number of hydrogen-bond acceptors (Lipinski definition) is 7. The minimum Gasteiger partial charge on any atom is -0.377 e. The van der Waals surface area contributed by atoms with Crippen molar-refractivity contribution >= 4 is 11.6 Å². The summed E-state index contributed by atoms with van der Waals surface area (Å²) in [5.41, 5.74) is 2.59. The third-order valence-electron chi connectivity index (χ3n) is 3.31. The average molecular weight is 266 g/mol. The van der Waals surface area contributed by atoms with Crippen molar-refractivity contribution in [3.8, 4) is 0 Å². The van der Waals surface area contributed by atoms with Crippen LogP contribution in [0.3, 0.4) is 0 Å². The molecule has 106 valence electrons. The van der Waals surface area contributed by atoms with Crippen molar-refractivity contribution in [2.24, 2.45) is 5.84 Å². The first-order valence-electron chi connectivity index (χ1n) is 6.42. The number of nitrogens with two attached hydrogens (primary N) is 1. The minimum atomic E-state index is 0.380. The van der Waals surface area contributed by atoms with Crippen LogP contribution in [0.4, 0.5) is 11.6 Å². The molecule has 3 N–H and O–H groups in total. The normalized spacial score (nSPS) is 20.6. The first kappa shape index (κ1) is 14.0. The summed E-state index contributed by atoms with van der Waals surface area (Å²) >= 11 is 0. The van der Waals surface area contributed by atoms with E-state index in [1.807, 2.05) is 6.07 Å². The van der Waals surface area contributed by atoms with Gasteiger partial charge < -0.3 is 20.0 Å². The van der Waals surface area contributed by atoms with Crippen LogP contribution in [-0.4, -0.2) is 54.7 Å². The predicted molar refractivity (Wildman–Crippen MR) is 74.9 cm³/mol. The molecule has 1 aliphatic rings. The van der Waals surface area contributed by atoms with Gasteiger partial charge >= 0.3 is 0 Å². The average Bonchev–Trinajstić information content (AvgIpc) is 2.38. The second-order valence-electron chi connectivity index (χ2n) is 4.91. The van der Waals surface area contributed by atoms with Gasteiger partial charge in [-0.25, -0.2) is 15.8 Å². The molecule has 0 aromatic carbocycles. The van der Waals surface area contributed by atoms with Crippen molar-refractivity contribution in [2.45, 2.75) is 19.6 Å². The standard InChI is InChI=1S/C12H22N6O/c1-9-7-17(2)4-5-18(9)12-6-10(16-13)14-11(15-12)8-19-3/h6,9H,4-5,7-8,13H2,1-3H3,(H,14,15,16). The number of nitrogens with one attached hydrogen (secondary N) is 1. The first-order chi connectivity index (χ1) is 9.13. The Balaban J connectivity index is 2.25. The molecule has 0 spiro atoms. The molecule has 0 bridgehead atoms. The van der Waals surface area contributed by atoms with Crippen LogP contribution >= 0.6 is 0 Å². The van der Waals surface area contributed by atoms with E-state index in [1.165, 1.54) is 0 Å². The van der Waals surface area contributed by atoms with E-state index in [1.54, 1.807) is 7.11 Å². The Morgan fingerprint density at radius 2 is 2.26 bits per heavy atom. The summed E-state index contributed by atoms with van der Waals surface area (Å²) in [6.45, 7) is 5.58. The molecule has 0 radical (unpaired) electrons. The molecule has 1 aromatic rings. The highest BCUT2D eigenvalue weighted by atomic mass is 16.5. The van der Waals surface area contributed by atoms with Crippen molar-refractivity contribution in [3.63, 3.8) is 0 Å². The van der Waals surface area contributed by atoms with E-state index in [2.05, 4.69) is 39.2 Å². The molecule has 0 amide bonds. The van der Waals surface area contributed by atoms with E-state index < -0.39 is 0 Å². The van der Waals surface area contributed by atoms with Gasteiger partial charge in [-0.1, -0.05) is 0 Å². The molecule has 19 heavy (non-hydrogen) atoms. The van der Waals surface area contributed by atoms with Gasteiger partial charge in [0, 0.05) is 38.9 Å². The van der Waals surface area contributed by atoms with Gasteiger partial charge in [0.05, 0.1) is 0 Å². The molecule has 1 aliphatic heterocycles. The summed E-state index contributed by atoms with van der Waals surface area (Å²) < 4.78 is 5.09. The number of likely N-dealkylation sites (N-methyl/N-ethyl adjacent to an activating group) is 1. The SMILES string of the molecule is COCc1nc(NN)cc(N2CCN(C)CC2C)n1. The molecule has 1 atom stereocenters. The van der Waals surface area contributed by atoms with Crippen molar-refractivity contribution in [2.75, 3.05) is 44.1 Å². The van der Waals surface area contributed by atoms with Gasteiger partial charge in [0.1, 0.15) is 18.2 Å². The van der Waals surface area contributed by atoms with Crippen LogP contribution in [-0.2, 0) is 11.3 Å². The van der Waals surface area contributed by atoms with E-state index in [4.69, 9.17) is 10.6 Å². The molecular weight excluding hydrogens is 244 g/mol. The van der Waals surface area contributed by atoms with Crippen molar-refractivity contribution in [3.05, 3.63) is 11.9 Å². The van der Waals surface area contributed by atoms with Gasteiger partial charge in [-0.2, -0.15) is 0 Å². The number of methoxy groups -OCH3 is 1. The van der Waals surface area contributed by atoms with Crippen LogP contribution in [0.25, 0.3) is 0 Å². The number of ether oxygens (including phenoxy) is 1. The van der Waals surface area contributed by atoms with E-state index >= 15 is 0 Å². The lowest BCUT2D eigenvalue weighted by molar-refractivity contribution is 0.178. The number of rotatable bonds is 4. The zero-order valence-electron chi connectivity index (χ0n) is 11.8. The number of piperazine rings is 1. The quantitative estimate of drug-likeness (QED) is 0.589. The summed E-state index contributed by atoms with van der Waals surface area (Å²) in [5, 5.41) is 0. The van der Waals surface area contributed by atoms with E-state index in [-0.39, 0.29) is 0 Å². The van der Waals surface area contributed by atoms with Crippen LogP contribution in [0.1, 0.15) is 12.7 Å². The third-order valence-corrected chi connectivity index (χ3v) is 3.31. The highest BCUT2D eigenvalue weighted by Gasteiger charge is 2.23. The summed E-state index contributed by atoms with van der Waals surface area (Å²) in [4.78, 5) is 13.4. The van der Waals surface area contributed by atoms with Gasteiger partial charge in [-0.3, -0.25) is 0 Å². The smallest absolute Gasteiger partial charge is 0.158 e. The van der Waals surface area contributed by atoms with Crippen molar-refractivity contribution in [1.29, 1.82) is 0 Å². The first-order valence-corrected chi connectivity index (χ1v) is 6.42. The highest BCUT2D eigenvalue weighted by molar-refractivity contribution is 5.50. The Hall–Kier alpha value is -1.44. The fourth-order valence-corrected chi connectivity index (χ4v) is 2.38. The maximum Gasteiger partial charge on any atom is 0.158 e. The summed E-state index contributed by atoms with van der Waals surface area (Å²) in [7, 11) is 3.76. The largest absolute Gasteiger partial charge is 0.377 e. The molecule has 0 saturated carbocycles. The number of hydrazine groups is 1. The van der Waals surface area contributed by atoms with Gasteiger partial charge in [0.25, 0.3) is 0 Å². The van der Waals surface area contributed by atoms with E-state index in [0.29, 0.717) is 24.3 Å². The second kappa shape index (κ2) is 6.14. The minimum absolute atomic E-state index is 0.380. The topological polar surface area (TPSA) is 79.5 Å². The summed E-state index contributed by atoms with van der Waals surface area (Å²) in [6, 6.07) is 2.29. The lowest BCUT2D eigenvalue weighted by Gasteiger charge is -2.39.